The number of carbonyl (C=O) groups is 1. The van der Waals surface area contributed by atoms with Gasteiger partial charge in [-0.1, -0.05) is 35.9 Å². The molecule has 0 atom stereocenters. The number of alkyl halides is 1. The number of hydrogen-bond acceptors (Lipinski definition) is 3. The molecule has 1 amide bonds. The molecule has 0 aliphatic carbocycles. The summed E-state index contributed by atoms with van der Waals surface area (Å²) in [7, 11) is 0. The minimum atomic E-state index is -0.907. The topological polar surface area (TPSA) is 62.7 Å². The minimum Gasteiger partial charge on any atom is -0.325 e. The van der Waals surface area contributed by atoms with Crippen LogP contribution in [0.15, 0.2) is 48.5 Å². The van der Waals surface area contributed by atoms with Gasteiger partial charge in [-0.2, -0.15) is 4.98 Å². The van der Waals surface area contributed by atoms with Crippen molar-refractivity contribution in [2.45, 2.75) is 6.54 Å². The molecule has 0 aliphatic heterocycles. The van der Waals surface area contributed by atoms with Gasteiger partial charge in [0, 0.05) is 11.1 Å². The van der Waals surface area contributed by atoms with Crippen molar-refractivity contribution in [1.82, 2.24) is 20.1 Å². The molecule has 8 heteroatoms. The van der Waals surface area contributed by atoms with Crippen molar-refractivity contribution >= 4 is 29.7 Å². The molecule has 25 heavy (non-hydrogen) atoms. The zero-order chi connectivity index (χ0) is 17.8. The van der Waals surface area contributed by atoms with Crippen LogP contribution in [0.4, 0.5) is 4.39 Å². The van der Waals surface area contributed by atoms with Crippen LogP contribution in [-0.4, -0.2) is 27.5 Å². The number of H-pyrrole nitrogens is 1. The number of nitrogens with zero attached hydrogens (tertiary/aromatic N) is 2. The van der Waals surface area contributed by atoms with Crippen LogP contribution in [0.2, 0.25) is 5.02 Å². The van der Waals surface area contributed by atoms with Gasteiger partial charge in [-0.3, -0.25) is 14.6 Å². The molecule has 0 fully saturated rings. The van der Waals surface area contributed by atoms with Gasteiger partial charge < -0.3 is 5.32 Å². The van der Waals surface area contributed by atoms with Gasteiger partial charge in [-0.15, -0.1) is 0 Å². The maximum Gasteiger partial charge on any atom is 0.253 e. The summed E-state index contributed by atoms with van der Waals surface area (Å²) in [5.41, 5.74) is 1.97. The number of aromatic nitrogens is 3. The lowest BCUT2D eigenvalue weighted by Gasteiger charge is -2.06. The Balaban J connectivity index is 1.87. The van der Waals surface area contributed by atoms with E-state index < -0.39 is 12.7 Å². The number of carbonyl (C=O) groups excluding carboxylic acids is 1. The van der Waals surface area contributed by atoms with Crippen LogP contribution in [0.3, 0.4) is 0 Å². The first-order valence-corrected chi connectivity index (χ1v) is 8.22. The fraction of sp³-hybridized carbons (Fsp3) is 0.118. The van der Waals surface area contributed by atoms with E-state index >= 15 is 0 Å². The van der Waals surface area contributed by atoms with Crippen molar-refractivity contribution in [3.63, 3.8) is 0 Å². The summed E-state index contributed by atoms with van der Waals surface area (Å²) >= 11 is 11.5. The molecule has 128 valence electrons. The van der Waals surface area contributed by atoms with Crippen LogP contribution in [0.1, 0.15) is 15.9 Å². The van der Waals surface area contributed by atoms with Gasteiger partial charge in [-0.25, -0.2) is 4.39 Å². The fourth-order valence-electron chi connectivity index (χ4n) is 2.39. The van der Waals surface area contributed by atoms with Gasteiger partial charge in [0.15, 0.2) is 12.6 Å². The summed E-state index contributed by atoms with van der Waals surface area (Å²) < 4.78 is 14.3. The second-order valence-electron chi connectivity index (χ2n) is 5.26. The maximum atomic E-state index is 12.3. The van der Waals surface area contributed by atoms with Gasteiger partial charge in [-0.05, 0) is 42.0 Å². The highest BCUT2D eigenvalue weighted by atomic mass is 35.5. The second-order valence-corrected chi connectivity index (χ2v) is 6.03. The maximum absolute atomic E-state index is 12.3. The number of amides is 1. The van der Waals surface area contributed by atoms with Crippen molar-refractivity contribution in [3.8, 4) is 11.4 Å². The molecule has 0 saturated heterocycles. The molecule has 0 aliphatic rings. The Kier molecular flexibility index (Phi) is 5.25. The first-order valence-electron chi connectivity index (χ1n) is 7.43. The predicted octanol–water partition coefficient (Wildman–Crippen LogP) is 3.97. The molecule has 0 radical (unpaired) electrons. The van der Waals surface area contributed by atoms with Crippen LogP contribution >= 0.6 is 23.8 Å². The van der Waals surface area contributed by atoms with Crippen molar-refractivity contribution in [2.75, 3.05) is 6.80 Å². The smallest absolute Gasteiger partial charge is 0.253 e. The number of benzene rings is 2. The Morgan fingerprint density at radius 1 is 1.28 bits per heavy atom. The van der Waals surface area contributed by atoms with E-state index in [2.05, 4.69) is 15.4 Å². The Morgan fingerprint density at radius 2 is 2.08 bits per heavy atom. The van der Waals surface area contributed by atoms with Crippen molar-refractivity contribution in [1.29, 1.82) is 0 Å². The van der Waals surface area contributed by atoms with Crippen LogP contribution in [-0.2, 0) is 6.54 Å². The predicted molar refractivity (Wildman–Crippen MR) is 96.8 cm³/mol. The Hall–Kier alpha value is -2.51. The molecule has 2 aromatic carbocycles. The fourth-order valence-corrected chi connectivity index (χ4v) is 2.82. The molecule has 3 rings (SSSR count). The van der Waals surface area contributed by atoms with Crippen molar-refractivity contribution in [3.05, 3.63) is 69.5 Å². The lowest BCUT2D eigenvalue weighted by Crippen LogP contribution is -2.22. The molecular weight excluding hydrogens is 363 g/mol. The summed E-state index contributed by atoms with van der Waals surface area (Å²) in [6, 6.07) is 14.2. The summed E-state index contributed by atoms with van der Waals surface area (Å²) in [6.07, 6.45) is 0. The van der Waals surface area contributed by atoms with Gasteiger partial charge in [0.2, 0.25) is 4.77 Å². The number of aromatic amines is 1. The molecule has 0 saturated carbocycles. The number of rotatable bonds is 5. The standard InChI is InChI=1S/C17H14ClFN4OS/c18-14-7-2-1-6-13(14)15-21-17(25)23(22-15)9-11-4-3-5-12(8-11)16(24)20-10-19/h1-8H,9-10H2,(H,20,24)(H,21,22,25). The van der Waals surface area contributed by atoms with Gasteiger partial charge in [0.05, 0.1) is 11.6 Å². The summed E-state index contributed by atoms with van der Waals surface area (Å²) in [6.45, 7) is -0.511. The first-order chi connectivity index (χ1) is 12.1. The summed E-state index contributed by atoms with van der Waals surface area (Å²) in [5, 5.41) is 5.82. The molecule has 1 aromatic heterocycles. The molecule has 2 N–H and O–H groups in total. The van der Waals surface area contributed by atoms with E-state index in [1.54, 1.807) is 28.9 Å². The molecule has 0 spiro atoms. The largest absolute Gasteiger partial charge is 0.325 e. The highest BCUT2D eigenvalue weighted by molar-refractivity contribution is 7.71. The van der Waals surface area contributed by atoms with Crippen molar-refractivity contribution < 1.29 is 9.18 Å². The number of hydrogen-bond donors (Lipinski definition) is 2. The normalized spacial score (nSPS) is 10.6. The second kappa shape index (κ2) is 7.58. The van der Waals surface area contributed by atoms with E-state index in [1.807, 2.05) is 24.3 Å². The van der Waals surface area contributed by atoms with Gasteiger partial charge in [0.1, 0.15) is 0 Å². The number of nitrogens with one attached hydrogen (secondary N) is 2. The van der Waals surface area contributed by atoms with Crippen molar-refractivity contribution in [2.24, 2.45) is 0 Å². The van der Waals surface area contributed by atoms with E-state index in [9.17, 15) is 9.18 Å². The Labute approximate surface area is 153 Å². The summed E-state index contributed by atoms with van der Waals surface area (Å²) in [4.78, 5) is 16.1. The molecule has 3 aromatic rings. The molecule has 1 heterocycles. The number of halogens is 2. The van der Waals surface area contributed by atoms with E-state index in [0.717, 1.165) is 11.1 Å². The third-order valence-electron chi connectivity index (χ3n) is 3.57. The first kappa shape index (κ1) is 17.3. The molecule has 0 unspecified atom stereocenters. The van der Waals surface area contributed by atoms with Crippen LogP contribution in [0.25, 0.3) is 11.4 Å². The summed E-state index contributed by atoms with van der Waals surface area (Å²) in [5.74, 6) is 0.108. The molecular formula is C17H14ClFN4OS. The van der Waals surface area contributed by atoms with Gasteiger partial charge in [0.25, 0.3) is 5.91 Å². The SMILES string of the molecule is O=C(NCF)c1cccc(Cn2[nH]c(-c3ccccc3Cl)nc2=S)c1. The highest BCUT2D eigenvalue weighted by Crippen LogP contribution is 2.24. The third kappa shape index (κ3) is 3.94. The highest BCUT2D eigenvalue weighted by Gasteiger charge is 2.10. The quantitative estimate of drug-likeness (QED) is 0.523. The van der Waals surface area contributed by atoms with Crippen LogP contribution in [0, 0.1) is 4.77 Å². The zero-order valence-electron chi connectivity index (χ0n) is 13.0. The van der Waals surface area contributed by atoms with Crippen LogP contribution < -0.4 is 5.32 Å². The Bertz CT molecular complexity index is 969. The van der Waals surface area contributed by atoms with E-state index in [-0.39, 0.29) is 0 Å². The van der Waals surface area contributed by atoms with E-state index in [1.165, 1.54) is 0 Å². The Morgan fingerprint density at radius 3 is 2.84 bits per heavy atom. The third-order valence-corrected chi connectivity index (χ3v) is 4.21. The van der Waals surface area contributed by atoms with Crippen LogP contribution in [0.5, 0.6) is 0 Å². The lowest BCUT2D eigenvalue weighted by atomic mass is 10.1. The molecule has 0 bridgehead atoms. The average molecular weight is 377 g/mol. The molecule has 5 nitrogen and oxygen atoms in total. The minimum absolute atomic E-state index is 0.369. The average Bonchev–Trinajstić information content (AvgIpc) is 2.96. The van der Waals surface area contributed by atoms with Gasteiger partial charge >= 0.3 is 0 Å². The van der Waals surface area contributed by atoms with E-state index in [4.69, 9.17) is 23.8 Å². The zero-order valence-corrected chi connectivity index (χ0v) is 14.6. The lowest BCUT2D eigenvalue weighted by molar-refractivity contribution is 0.0937. The monoisotopic (exact) mass is 376 g/mol. The van der Waals surface area contributed by atoms with E-state index in [0.29, 0.717) is 27.7 Å².